The second kappa shape index (κ2) is 8.81. The van der Waals surface area contributed by atoms with Gasteiger partial charge in [-0.15, -0.1) is 0 Å². The third-order valence-electron chi connectivity index (χ3n) is 6.77. The number of hydrazine groups is 1. The highest BCUT2D eigenvalue weighted by Crippen LogP contribution is 2.51. The zero-order chi connectivity index (χ0) is 22.9. The van der Waals surface area contributed by atoms with Gasteiger partial charge in [-0.2, -0.15) is 0 Å². The summed E-state index contributed by atoms with van der Waals surface area (Å²) in [5, 5.41) is 14.5. The molecule has 2 aliphatic heterocycles. The third-order valence-corrected chi connectivity index (χ3v) is 6.77. The molecule has 33 heavy (non-hydrogen) atoms. The molecule has 5 rings (SSSR count). The quantitative estimate of drug-likeness (QED) is 0.623. The summed E-state index contributed by atoms with van der Waals surface area (Å²) < 4.78 is 4.83. The summed E-state index contributed by atoms with van der Waals surface area (Å²) in [6.45, 7) is 0.616. The number of hydrogen-bond donors (Lipinski definition) is 1. The predicted octanol–water partition coefficient (Wildman–Crippen LogP) is 3.79. The number of aliphatic hydroxyl groups excluding tert-OH is 1. The van der Waals surface area contributed by atoms with E-state index >= 15 is 0 Å². The standard InChI is InChI=1S/C27H26N2O4/c1-33-27(32)21-13-11-19(12-14-21)24-23(17-30)25-22-10-6-5-7-18(22)15-16-28(25)29(24)26(31)20-8-3-2-4-9-20/h2-14,23-25,30H,15-17H2,1H3/t23-,24-,25+/m1/s1. The Morgan fingerprint density at radius 2 is 1.61 bits per heavy atom. The number of hydrogen-bond acceptors (Lipinski definition) is 5. The molecule has 0 aromatic heterocycles. The fourth-order valence-corrected chi connectivity index (χ4v) is 5.27. The number of aliphatic hydroxyl groups is 1. The maximum absolute atomic E-state index is 13.8. The third kappa shape index (κ3) is 3.61. The lowest BCUT2D eigenvalue weighted by atomic mass is 9.82. The van der Waals surface area contributed by atoms with Crippen molar-refractivity contribution < 1.29 is 19.4 Å². The molecular weight excluding hydrogens is 416 g/mol. The van der Waals surface area contributed by atoms with Crippen molar-refractivity contribution in [3.8, 4) is 0 Å². The van der Waals surface area contributed by atoms with Gasteiger partial charge < -0.3 is 9.84 Å². The smallest absolute Gasteiger partial charge is 0.337 e. The summed E-state index contributed by atoms with van der Waals surface area (Å²) in [6.07, 6.45) is 0.831. The Bertz CT molecular complexity index is 1160. The van der Waals surface area contributed by atoms with Crippen molar-refractivity contribution in [2.75, 3.05) is 20.3 Å². The molecule has 0 bridgehead atoms. The largest absolute Gasteiger partial charge is 0.465 e. The van der Waals surface area contributed by atoms with Crippen LogP contribution in [-0.2, 0) is 11.2 Å². The van der Waals surface area contributed by atoms with Crippen LogP contribution in [0.3, 0.4) is 0 Å². The van der Waals surface area contributed by atoms with E-state index in [0.29, 0.717) is 17.7 Å². The SMILES string of the molecule is COC(=O)c1ccc([C@@H]2[C@@H](CO)[C@@H]3c4ccccc4CCN3N2C(=O)c2ccccc2)cc1. The average Bonchev–Trinajstić information content (AvgIpc) is 3.23. The van der Waals surface area contributed by atoms with Crippen molar-refractivity contribution in [1.29, 1.82) is 0 Å². The van der Waals surface area contributed by atoms with E-state index in [0.717, 1.165) is 17.5 Å². The van der Waals surface area contributed by atoms with E-state index in [2.05, 4.69) is 17.1 Å². The summed E-state index contributed by atoms with van der Waals surface area (Å²) in [4.78, 5) is 25.7. The molecule has 2 heterocycles. The van der Waals surface area contributed by atoms with Gasteiger partial charge in [0.1, 0.15) is 0 Å². The number of rotatable bonds is 4. The fourth-order valence-electron chi connectivity index (χ4n) is 5.27. The number of methoxy groups -OCH3 is 1. The van der Waals surface area contributed by atoms with E-state index in [1.54, 1.807) is 12.1 Å². The van der Waals surface area contributed by atoms with Crippen LogP contribution in [0.4, 0.5) is 0 Å². The fraction of sp³-hybridized carbons (Fsp3) is 0.259. The van der Waals surface area contributed by atoms with Gasteiger partial charge in [-0.3, -0.25) is 9.80 Å². The highest BCUT2D eigenvalue weighted by atomic mass is 16.5. The van der Waals surface area contributed by atoms with Crippen LogP contribution in [0.1, 0.15) is 49.5 Å². The first-order chi connectivity index (χ1) is 16.1. The van der Waals surface area contributed by atoms with Crippen LogP contribution < -0.4 is 0 Å². The van der Waals surface area contributed by atoms with Crippen LogP contribution >= 0.6 is 0 Å². The molecule has 1 amide bonds. The molecule has 1 saturated heterocycles. The Morgan fingerprint density at radius 1 is 0.909 bits per heavy atom. The first kappa shape index (κ1) is 21.4. The number of carbonyl (C=O) groups excluding carboxylic acids is 2. The Balaban J connectivity index is 1.62. The Morgan fingerprint density at radius 3 is 2.30 bits per heavy atom. The van der Waals surface area contributed by atoms with E-state index < -0.39 is 5.97 Å². The molecule has 3 atom stereocenters. The van der Waals surface area contributed by atoms with Gasteiger partial charge in [-0.05, 0) is 47.4 Å². The molecule has 0 aliphatic carbocycles. The lowest BCUT2D eigenvalue weighted by Gasteiger charge is -2.38. The van der Waals surface area contributed by atoms with Crippen LogP contribution in [0.25, 0.3) is 0 Å². The van der Waals surface area contributed by atoms with E-state index in [4.69, 9.17) is 4.74 Å². The average molecular weight is 443 g/mol. The number of esters is 1. The summed E-state index contributed by atoms with van der Waals surface area (Å²) in [7, 11) is 1.35. The molecule has 6 nitrogen and oxygen atoms in total. The summed E-state index contributed by atoms with van der Waals surface area (Å²) in [6, 6.07) is 24.2. The van der Waals surface area contributed by atoms with E-state index in [1.165, 1.54) is 12.7 Å². The van der Waals surface area contributed by atoms with Gasteiger partial charge >= 0.3 is 5.97 Å². The monoisotopic (exact) mass is 442 g/mol. The molecule has 0 spiro atoms. The van der Waals surface area contributed by atoms with Crippen molar-refractivity contribution in [2.45, 2.75) is 18.5 Å². The Kier molecular flexibility index (Phi) is 5.70. The molecule has 0 saturated carbocycles. The van der Waals surface area contributed by atoms with Gasteiger partial charge in [0.2, 0.25) is 0 Å². The maximum Gasteiger partial charge on any atom is 0.337 e. The van der Waals surface area contributed by atoms with Crippen molar-refractivity contribution in [3.63, 3.8) is 0 Å². The number of carbonyl (C=O) groups is 2. The van der Waals surface area contributed by atoms with Crippen molar-refractivity contribution in [3.05, 3.63) is 107 Å². The first-order valence-electron chi connectivity index (χ1n) is 11.2. The molecule has 3 aromatic carbocycles. The number of amides is 1. The number of fused-ring (bicyclic) bond motifs is 3. The lowest BCUT2D eigenvalue weighted by molar-refractivity contribution is -0.0158. The Labute approximate surface area is 193 Å². The second-order valence-electron chi connectivity index (χ2n) is 8.48. The highest BCUT2D eigenvalue weighted by molar-refractivity contribution is 5.94. The zero-order valence-corrected chi connectivity index (χ0v) is 18.4. The maximum atomic E-state index is 13.8. The van der Waals surface area contributed by atoms with Crippen molar-refractivity contribution >= 4 is 11.9 Å². The number of ether oxygens (including phenoxy) is 1. The van der Waals surface area contributed by atoms with E-state index in [1.807, 2.05) is 59.6 Å². The van der Waals surface area contributed by atoms with Crippen molar-refractivity contribution in [1.82, 2.24) is 10.0 Å². The van der Waals surface area contributed by atoms with Gasteiger partial charge in [0.15, 0.2) is 0 Å². The van der Waals surface area contributed by atoms with Gasteiger partial charge in [0, 0.05) is 18.0 Å². The molecule has 0 radical (unpaired) electrons. The van der Waals surface area contributed by atoms with E-state index in [-0.39, 0.29) is 30.5 Å². The zero-order valence-electron chi connectivity index (χ0n) is 18.4. The predicted molar refractivity (Wildman–Crippen MR) is 123 cm³/mol. The second-order valence-corrected chi connectivity index (χ2v) is 8.48. The Hall–Kier alpha value is -3.48. The minimum absolute atomic E-state index is 0.0719. The van der Waals surface area contributed by atoms with E-state index in [9.17, 15) is 14.7 Å². The molecule has 1 fully saturated rings. The van der Waals surface area contributed by atoms with Crippen LogP contribution in [0, 0.1) is 5.92 Å². The first-order valence-corrected chi connectivity index (χ1v) is 11.2. The minimum atomic E-state index is -0.407. The summed E-state index contributed by atoms with van der Waals surface area (Å²) in [5.41, 5.74) is 4.33. The van der Waals surface area contributed by atoms with Crippen LogP contribution in [0.5, 0.6) is 0 Å². The molecule has 3 aromatic rings. The molecule has 0 unspecified atom stereocenters. The highest BCUT2D eigenvalue weighted by Gasteiger charge is 2.52. The van der Waals surface area contributed by atoms with Gasteiger partial charge in [0.05, 0.1) is 31.4 Å². The molecule has 168 valence electrons. The molecule has 6 heteroatoms. The molecule has 2 aliphatic rings. The summed E-state index contributed by atoms with van der Waals surface area (Å²) >= 11 is 0. The van der Waals surface area contributed by atoms with Crippen LogP contribution in [-0.4, -0.2) is 47.3 Å². The van der Waals surface area contributed by atoms with Gasteiger partial charge in [-0.25, -0.2) is 9.80 Å². The van der Waals surface area contributed by atoms with Crippen LogP contribution in [0.15, 0.2) is 78.9 Å². The number of nitrogens with zero attached hydrogens (tertiary/aromatic N) is 2. The molecule has 1 N–H and O–H groups in total. The lowest BCUT2D eigenvalue weighted by Crippen LogP contribution is -2.45. The van der Waals surface area contributed by atoms with Gasteiger partial charge in [-0.1, -0.05) is 54.6 Å². The molecular formula is C27H26N2O4. The summed E-state index contributed by atoms with van der Waals surface area (Å²) in [5.74, 6) is -0.726. The number of benzene rings is 3. The van der Waals surface area contributed by atoms with Crippen molar-refractivity contribution in [2.24, 2.45) is 5.92 Å². The van der Waals surface area contributed by atoms with Gasteiger partial charge in [0.25, 0.3) is 5.91 Å². The normalized spacial score (nSPS) is 21.9. The van der Waals surface area contributed by atoms with Crippen LogP contribution in [0.2, 0.25) is 0 Å². The topological polar surface area (TPSA) is 70.1 Å². The minimum Gasteiger partial charge on any atom is -0.465 e.